The van der Waals surface area contributed by atoms with Gasteiger partial charge in [-0.3, -0.25) is 9.59 Å². The molecule has 1 fully saturated rings. The number of carbonyl (C=O) groups is 4. The van der Waals surface area contributed by atoms with E-state index in [2.05, 4.69) is 35.6 Å². The van der Waals surface area contributed by atoms with Gasteiger partial charge in [0.1, 0.15) is 42.4 Å². The van der Waals surface area contributed by atoms with Crippen molar-refractivity contribution in [3.63, 3.8) is 0 Å². The van der Waals surface area contributed by atoms with E-state index in [1.807, 2.05) is 50.2 Å². The fourth-order valence-electron chi connectivity index (χ4n) is 7.22. The van der Waals surface area contributed by atoms with Crippen molar-refractivity contribution in [2.45, 2.75) is 58.0 Å². The molecule has 2 aromatic carbocycles. The van der Waals surface area contributed by atoms with E-state index >= 15 is 0 Å². The third-order valence-corrected chi connectivity index (χ3v) is 10.4. The summed E-state index contributed by atoms with van der Waals surface area (Å²) in [7, 11) is 2.52. The fourth-order valence-corrected chi connectivity index (χ4v) is 7.22. The van der Waals surface area contributed by atoms with E-state index in [0.29, 0.717) is 76.5 Å². The van der Waals surface area contributed by atoms with Gasteiger partial charge in [0, 0.05) is 41.8 Å². The molecule has 18 nitrogen and oxygen atoms in total. The molecular weight excluding hydrogens is 789 g/mol. The molecule has 2 unspecified atom stereocenters. The number of fused-ring (bicyclic) bond motifs is 3. The molecule has 0 radical (unpaired) electrons. The number of alkyl carbamates (subject to hydrolysis) is 2. The molecule has 0 aliphatic carbocycles. The Morgan fingerprint density at radius 3 is 2.07 bits per heavy atom. The van der Waals surface area contributed by atoms with Crippen LogP contribution in [0.3, 0.4) is 0 Å². The highest BCUT2D eigenvalue weighted by atomic mass is 16.6. The summed E-state index contributed by atoms with van der Waals surface area (Å²) in [6.45, 7) is 6.92. The zero-order valence-electron chi connectivity index (χ0n) is 35.2. The Hall–Kier alpha value is -6.14. The van der Waals surface area contributed by atoms with Crippen LogP contribution in [-0.4, -0.2) is 128 Å². The summed E-state index contributed by atoms with van der Waals surface area (Å²) in [5.41, 5.74) is 4.99. The molecule has 4 heterocycles. The smallest absolute Gasteiger partial charge is 0.407 e. The van der Waals surface area contributed by atoms with Crippen LogP contribution in [0.2, 0.25) is 0 Å². The molecule has 0 bridgehead atoms. The minimum absolute atomic E-state index is 0.139. The largest absolute Gasteiger partial charge is 0.491 e. The number of hydrogen-bond acceptors (Lipinski definition) is 12. The fraction of sp³-hybridized carbons (Fsp3) is 0.488. The standard InChI is InChI=1S/C43H56N8O10/c1-27(2)39(50-43(55)57-4)41(53)51-15-7-8-34(51)40-46-25-33(49-40)29-11-13-31-30-12-10-28(22-35(30)60-20-18-58-16-17-59-19-21-61-36(31)23-29)32-24-45-37(48-32)9-5-6-14-44-38(52)26-47-42(54)56-3/h10-13,22-25,27,34,39H,5-9,14-21,26H2,1-4H3,(H,44,52)(H,45,48)(H,46,49)(H,47,54)(H,50,55). The lowest BCUT2D eigenvalue weighted by Crippen LogP contribution is -2.51. The molecule has 328 valence electrons. The van der Waals surface area contributed by atoms with Crippen LogP contribution in [0.1, 0.15) is 57.2 Å². The van der Waals surface area contributed by atoms with Gasteiger partial charge in [-0.05, 0) is 55.9 Å². The van der Waals surface area contributed by atoms with Crippen molar-refractivity contribution in [3.05, 3.63) is 60.4 Å². The molecular formula is C43H56N8O10. The minimum atomic E-state index is -0.727. The molecule has 2 atom stereocenters. The van der Waals surface area contributed by atoms with Crippen molar-refractivity contribution in [2.24, 2.45) is 5.92 Å². The number of ether oxygens (including phenoxy) is 6. The SMILES string of the molecule is COC(=O)NCC(=O)NCCCCc1ncc(-c2ccc3c(c2)OCCOCCOCCOc2cc(-c4cnc(C5CCCN5C(=O)C(NC(=O)OC)C(C)C)[nH]4)ccc2-3)[nH]1. The maximum atomic E-state index is 13.7. The summed E-state index contributed by atoms with van der Waals surface area (Å²) in [6.07, 6.45) is 6.04. The lowest BCUT2D eigenvalue weighted by atomic mass is 9.98. The van der Waals surface area contributed by atoms with Crippen molar-refractivity contribution in [2.75, 3.05) is 73.5 Å². The first kappa shape index (κ1) is 44.4. The van der Waals surface area contributed by atoms with Crippen molar-refractivity contribution in [1.29, 1.82) is 0 Å². The number of likely N-dealkylation sites (tertiary alicyclic amines) is 1. The predicted octanol–water partition coefficient (Wildman–Crippen LogP) is 4.78. The first-order valence-corrected chi connectivity index (χ1v) is 20.7. The molecule has 4 amide bonds. The number of hydrogen-bond donors (Lipinski definition) is 5. The Bertz CT molecular complexity index is 2100. The van der Waals surface area contributed by atoms with Crippen LogP contribution in [0.5, 0.6) is 11.5 Å². The number of H-pyrrole nitrogens is 2. The van der Waals surface area contributed by atoms with Crippen LogP contribution in [0.25, 0.3) is 33.6 Å². The third kappa shape index (κ3) is 12.0. The monoisotopic (exact) mass is 844 g/mol. The summed E-state index contributed by atoms with van der Waals surface area (Å²) < 4.78 is 33.5. The van der Waals surface area contributed by atoms with Crippen LogP contribution in [0, 0.1) is 5.92 Å². The summed E-state index contributed by atoms with van der Waals surface area (Å²) in [4.78, 5) is 66.9. The van der Waals surface area contributed by atoms with E-state index in [1.54, 1.807) is 17.3 Å². The molecule has 0 saturated carbocycles. The zero-order valence-corrected chi connectivity index (χ0v) is 35.2. The third-order valence-electron chi connectivity index (χ3n) is 10.4. The number of nitrogens with zero attached hydrogens (tertiary/aromatic N) is 3. The highest BCUT2D eigenvalue weighted by Gasteiger charge is 2.37. The maximum Gasteiger partial charge on any atom is 0.407 e. The van der Waals surface area contributed by atoms with Crippen molar-refractivity contribution in [1.82, 2.24) is 40.8 Å². The minimum Gasteiger partial charge on any atom is -0.491 e. The van der Waals surface area contributed by atoms with E-state index in [4.69, 9.17) is 28.7 Å². The van der Waals surface area contributed by atoms with Gasteiger partial charge in [-0.25, -0.2) is 19.6 Å². The quantitative estimate of drug-likeness (QED) is 0.115. The number of amides is 4. The number of rotatable bonds is 13. The van der Waals surface area contributed by atoms with E-state index in [1.165, 1.54) is 14.2 Å². The Balaban J connectivity index is 1.19. The predicted molar refractivity (Wildman–Crippen MR) is 224 cm³/mol. The molecule has 61 heavy (non-hydrogen) atoms. The van der Waals surface area contributed by atoms with Gasteiger partial charge in [-0.1, -0.05) is 26.0 Å². The summed E-state index contributed by atoms with van der Waals surface area (Å²) >= 11 is 0. The molecule has 2 aliphatic rings. The Morgan fingerprint density at radius 1 is 0.803 bits per heavy atom. The van der Waals surface area contributed by atoms with Gasteiger partial charge in [-0.15, -0.1) is 0 Å². The molecule has 18 heteroatoms. The van der Waals surface area contributed by atoms with Crippen LogP contribution in [0.15, 0.2) is 48.8 Å². The van der Waals surface area contributed by atoms with Crippen LogP contribution >= 0.6 is 0 Å². The van der Waals surface area contributed by atoms with E-state index in [-0.39, 0.29) is 30.3 Å². The Kier molecular flexibility index (Phi) is 16.0. The number of aryl methyl sites for hydroxylation is 1. The lowest BCUT2D eigenvalue weighted by molar-refractivity contribution is -0.135. The summed E-state index contributed by atoms with van der Waals surface area (Å²) in [6, 6.07) is 11.0. The molecule has 5 N–H and O–H groups in total. The van der Waals surface area contributed by atoms with Gasteiger partial charge >= 0.3 is 12.2 Å². The van der Waals surface area contributed by atoms with Gasteiger partial charge in [0.05, 0.1) is 77.0 Å². The van der Waals surface area contributed by atoms with Crippen LogP contribution in [0.4, 0.5) is 9.59 Å². The topological polar surface area (TPSA) is 220 Å². The highest BCUT2D eigenvalue weighted by molar-refractivity contribution is 5.86. The molecule has 0 spiro atoms. The zero-order chi connectivity index (χ0) is 43.1. The highest BCUT2D eigenvalue weighted by Crippen LogP contribution is 2.41. The van der Waals surface area contributed by atoms with Crippen LogP contribution < -0.4 is 25.4 Å². The summed E-state index contributed by atoms with van der Waals surface area (Å²) in [5.74, 6) is 2.18. The van der Waals surface area contributed by atoms with Gasteiger partial charge in [0.2, 0.25) is 11.8 Å². The first-order chi connectivity index (χ1) is 29.6. The molecule has 2 aromatic heterocycles. The summed E-state index contributed by atoms with van der Waals surface area (Å²) in [5, 5.41) is 7.84. The van der Waals surface area contributed by atoms with Crippen LogP contribution in [-0.2, 0) is 35.0 Å². The Morgan fingerprint density at radius 2 is 1.43 bits per heavy atom. The average Bonchev–Trinajstić information content (AvgIpc) is 4.07. The van der Waals surface area contributed by atoms with E-state index in [9.17, 15) is 19.2 Å². The number of carbonyl (C=O) groups excluding carboxylic acids is 4. The molecule has 1 saturated heterocycles. The van der Waals surface area contributed by atoms with Crippen molar-refractivity contribution in [3.8, 4) is 45.1 Å². The molecule has 6 rings (SSSR count). The van der Waals surface area contributed by atoms with E-state index in [0.717, 1.165) is 65.1 Å². The first-order valence-electron chi connectivity index (χ1n) is 20.7. The second-order valence-corrected chi connectivity index (χ2v) is 15.0. The lowest BCUT2D eigenvalue weighted by Gasteiger charge is -2.30. The number of methoxy groups -OCH3 is 2. The van der Waals surface area contributed by atoms with Gasteiger partial charge in [0.25, 0.3) is 0 Å². The second kappa shape index (κ2) is 21.9. The molecule has 2 aliphatic heterocycles. The van der Waals surface area contributed by atoms with Gasteiger partial charge in [-0.2, -0.15) is 0 Å². The molecule has 4 aromatic rings. The number of nitrogens with one attached hydrogen (secondary N) is 5. The number of aromatic amines is 2. The number of aromatic nitrogens is 4. The second-order valence-electron chi connectivity index (χ2n) is 15.0. The normalized spacial score (nSPS) is 16.2. The average molecular weight is 845 g/mol. The van der Waals surface area contributed by atoms with Crippen molar-refractivity contribution >= 4 is 24.0 Å². The Labute approximate surface area is 354 Å². The van der Waals surface area contributed by atoms with Gasteiger partial charge < -0.3 is 59.2 Å². The van der Waals surface area contributed by atoms with Crippen molar-refractivity contribution < 1.29 is 47.6 Å². The van der Waals surface area contributed by atoms with Gasteiger partial charge in [0.15, 0.2) is 0 Å². The number of benzene rings is 2. The van der Waals surface area contributed by atoms with E-state index < -0.39 is 18.2 Å². The number of unbranched alkanes of at least 4 members (excludes halogenated alkanes) is 1. The number of imidazole rings is 2. The maximum absolute atomic E-state index is 13.7.